The summed E-state index contributed by atoms with van der Waals surface area (Å²) in [5.41, 5.74) is 2.17. The zero-order chi connectivity index (χ0) is 27.2. The molecule has 2 atom stereocenters. The average Bonchev–Trinajstić information content (AvgIpc) is 2.89. The summed E-state index contributed by atoms with van der Waals surface area (Å²) in [7, 11) is -3.83. The van der Waals surface area contributed by atoms with Crippen molar-refractivity contribution in [1.29, 1.82) is 0 Å². The van der Waals surface area contributed by atoms with E-state index in [0.29, 0.717) is 30.4 Å². The van der Waals surface area contributed by atoms with Crippen molar-refractivity contribution in [3.05, 3.63) is 53.6 Å². The molecule has 2 aromatic carbocycles. The van der Waals surface area contributed by atoms with Gasteiger partial charge in [-0.15, -0.1) is 0 Å². The molecule has 37 heavy (non-hydrogen) atoms. The van der Waals surface area contributed by atoms with E-state index >= 15 is 0 Å². The van der Waals surface area contributed by atoms with E-state index < -0.39 is 28.5 Å². The highest BCUT2D eigenvalue weighted by Gasteiger charge is 2.32. The number of ether oxygens (including phenoxy) is 2. The van der Waals surface area contributed by atoms with Gasteiger partial charge in [0.25, 0.3) is 0 Å². The minimum absolute atomic E-state index is 0.0550. The zero-order valence-corrected chi connectivity index (χ0v) is 23.0. The van der Waals surface area contributed by atoms with Crippen LogP contribution in [0.5, 0.6) is 11.5 Å². The Labute approximate surface area is 219 Å². The van der Waals surface area contributed by atoms with Crippen molar-refractivity contribution in [1.82, 2.24) is 10.2 Å². The van der Waals surface area contributed by atoms with Gasteiger partial charge in [0.1, 0.15) is 25.8 Å². The molecule has 0 saturated carbocycles. The van der Waals surface area contributed by atoms with Crippen LogP contribution in [0.25, 0.3) is 0 Å². The van der Waals surface area contributed by atoms with Gasteiger partial charge in [0.05, 0.1) is 11.4 Å². The van der Waals surface area contributed by atoms with Gasteiger partial charge in [-0.1, -0.05) is 36.8 Å². The Morgan fingerprint density at radius 2 is 1.73 bits per heavy atom. The number of sulfonamides is 1. The normalized spacial score (nSPS) is 14.4. The second kappa shape index (κ2) is 12.3. The summed E-state index contributed by atoms with van der Waals surface area (Å²) in [5.74, 6) is -0.0341. The Morgan fingerprint density at radius 1 is 1.03 bits per heavy atom. The zero-order valence-electron chi connectivity index (χ0n) is 22.2. The second-order valence-corrected chi connectivity index (χ2v) is 11.4. The third-order valence-electron chi connectivity index (χ3n) is 6.40. The van der Waals surface area contributed by atoms with Gasteiger partial charge in [0.2, 0.25) is 21.8 Å². The fraction of sp³-hybridized carbons (Fsp3) is 0.481. The first kappa shape index (κ1) is 28.3. The number of amides is 2. The first-order valence-electron chi connectivity index (χ1n) is 12.6. The fourth-order valence-corrected chi connectivity index (χ4v) is 5.02. The predicted octanol–water partition coefficient (Wildman–Crippen LogP) is 3.25. The van der Waals surface area contributed by atoms with Gasteiger partial charge in [-0.25, -0.2) is 8.42 Å². The molecule has 9 nitrogen and oxygen atoms in total. The van der Waals surface area contributed by atoms with Gasteiger partial charge < -0.3 is 19.7 Å². The van der Waals surface area contributed by atoms with Crippen LogP contribution in [0.15, 0.2) is 42.5 Å². The number of hydrogen-bond acceptors (Lipinski definition) is 6. The van der Waals surface area contributed by atoms with Crippen LogP contribution in [0, 0.1) is 6.92 Å². The second-order valence-electron chi connectivity index (χ2n) is 9.24. The van der Waals surface area contributed by atoms with Gasteiger partial charge in [0.15, 0.2) is 11.5 Å². The number of nitrogens with one attached hydrogen (secondary N) is 1. The first-order chi connectivity index (χ1) is 17.6. The SMILES string of the molecule is CC[C@H](C)NC(=O)[C@@H](C)N(Cc1cccc(C)c1)C(=O)CN(c1ccc2c(c1)OCCO2)S(=O)(=O)CC. The molecule has 0 aromatic heterocycles. The fourth-order valence-electron chi connectivity index (χ4n) is 3.96. The smallest absolute Gasteiger partial charge is 0.244 e. The molecule has 2 amide bonds. The molecule has 2 aromatic rings. The number of rotatable bonds is 11. The summed E-state index contributed by atoms with van der Waals surface area (Å²) >= 11 is 0. The van der Waals surface area contributed by atoms with Crippen LogP contribution in [0.4, 0.5) is 5.69 Å². The van der Waals surface area contributed by atoms with Gasteiger partial charge >= 0.3 is 0 Å². The van der Waals surface area contributed by atoms with Crippen molar-refractivity contribution in [2.24, 2.45) is 0 Å². The van der Waals surface area contributed by atoms with Crippen LogP contribution in [0.1, 0.15) is 45.2 Å². The molecule has 0 radical (unpaired) electrons. The van der Waals surface area contributed by atoms with Gasteiger partial charge in [-0.05, 0) is 51.8 Å². The van der Waals surface area contributed by atoms with Crippen LogP contribution >= 0.6 is 0 Å². The lowest BCUT2D eigenvalue weighted by Gasteiger charge is -2.32. The Bertz CT molecular complexity index is 1220. The lowest BCUT2D eigenvalue weighted by atomic mass is 10.1. The maximum absolute atomic E-state index is 13.8. The monoisotopic (exact) mass is 531 g/mol. The van der Waals surface area contributed by atoms with Crippen molar-refractivity contribution >= 4 is 27.5 Å². The Hall–Kier alpha value is -3.27. The minimum atomic E-state index is -3.83. The van der Waals surface area contributed by atoms with Crippen LogP contribution in [0.2, 0.25) is 0 Å². The summed E-state index contributed by atoms with van der Waals surface area (Å²) in [6, 6.07) is 11.6. The van der Waals surface area contributed by atoms with Gasteiger partial charge in [-0.2, -0.15) is 0 Å². The number of hydrogen-bond donors (Lipinski definition) is 1. The molecule has 0 fully saturated rings. The maximum atomic E-state index is 13.8. The third kappa shape index (κ3) is 7.15. The molecule has 0 saturated heterocycles. The highest BCUT2D eigenvalue weighted by molar-refractivity contribution is 7.92. The van der Waals surface area contributed by atoms with E-state index in [9.17, 15) is 18.0 Å². The highest BCUT2D eigenvalue weighted by atomic mass is 32.2. The van der Waals surface area contributed by atoms with E-state index in [1.165, 1.54) is 11.8 Å². The summed E-state index contributed by atoms with van der Waals surface area (Å²) in [4.78, 5) is 28.2. The topological polar surface area (TPSA) is 105 Å². The molecule has 3 rings (SSSR count). The Kier molecular flexibility index (Phi) is 9.42. The van der Waals surface area contributed by atoms with Crippen LogP contribution in [0.3, 0.4) is 0 Å². The molecule has 0 bridgehead atoms. The summed E-state index contributed by atoms with van der Waals surface area (Å²) in [5, 5.41) is 2.93. The molecule has 1 heterocycles. The number of carbonyl (C=O) groups excluding carboxylic acids is 2. The molecule has 1 aliphatic rings. The Balaban J connectivity index is 1.94. The van der Waals surface area contributed by atoms with Crippen LogP contribution in [-0.2, 0) is 26.2 Å². The van der Waals surface area contributed by atoms with Crippen molar-refractivity contribution in [3.8, 4) is 11.5 Å². The Morgan fingerprint density at radius 3 is 2.38 bits per heavy atom. The molecule has 1 aliphatic heterocycles. The maximum Gasteiger partial charge on any atom is 0.244 e. The molecule has 0 spiro atoms. The quantitative estimate of drug-likeness (QED) is 0.477. The molecular formula is C27H37N3O6S. The lowest BCUT2D eigenvalue weighted by molar-refractivity contribution is -0.139. The number of benzene rings is 2. The van der Waals surface area contributed by atoms with E-state index in [4.69, 9.17) is 9.47 Å². The van der Waals surface area contributed by atoms with Crippen LogP contribution in [-0.4, -0.2) is 62.7 Å². The van der Waals surface area contributed by atoms with Crippen LogP contribution < -0.4 is 19.1 Å². The average molecular weight is 532 g/mol. The van der Waals surface area contributed by atoms with E-state index in [-0.39, 0.29) is 24.2 Å². The van der Waals surface area contributed by atoms with Crippen molar-refractivity contribution in [2.45, 2.75) is 59.7 Å². The van der Waals surface area contributed by atoms with Crippen molar-refractivity contribution in [2.75, 3.05) is 29.8 Å². The molecular weight excluding hydrogens is 494 g/mol. The predicted molar refractivity (Wildman–Crippen MR) is 143 cm³/mol. The van der Waals surface area contributed by atoms with Gasteiger partial charge in [-0.3, -0.25) is 13.9 Å². The van der Waals surface area contributed by atoms with E-state index in [1.807, 2.05) is 45.0 Å². The van der Waals surface area contributed by atoms with Crippen molar-refractivity contribution < 1.29 is 27.5 Å². The lowest BCUT2D eigenvalue weighted by Crippen LogP contribution is -2.52. The third-order valence-corrected chi connectivity index (χ3v) is 8.14. The van der Waals surface area contributed by atoms with Gasteiger partial charge in [0, 0.05) is 18.7 Å². The summed E-state index contributed by atoms with van der Waals surface area (Å²) in [6.07, 6.45) is 0.747. The van der Waals surface area contributed by atoms with E-state index in [0.717, 1.165) is 21.9 Å². The van der Waals surface area contributed by atoms with E-state index in [1.54, 1.807) is 25.1 Å². The minimum Gasteiger partial charge on any atom is -0.486 e. The number of anilines is 1. The molecule has 10 heteroatoms. The molecule has 0 aliphatic carbocycles. The molecule has 0 unspecified atom stereocenters. The first-order valence-corrected chi connectivity index (χ1v) is 14.2. The molecule has 1 N–H and O–H groups in total. The summed E-state index contributed by atoms with van der Waals surface area (Å²) in [6.45, 7) is 9.47. The van der Waals surface area contributed by atoms with E-state index in [2.05, 4.69) is 5.32 Å². The largest absolute Gasteiger partial charge is 0.486 e. The molecule has 202 valence electrons. The number of nitrogens with zero attached hydrogens (tertiary/aromatic N) is 2. The van der Waals surface area contributed by atoms with Crippen molar-refractivity contribution in [3.63, 3.8) is 0 Å². The number of aryl methyl sites for hydroxylation is 1. The number of carbonyl (C=O) groups is 2. The number of fused-ring (bicyclic) bond motifs is 1. The summed E-state index contributed by atoms with van der Waals surface area (Å²) < 4.78 is 38.5. The highest BCUT2D eigenvalue weighted by Crippen LogP contribution is 2.35. The standard InChI is InChI=1S/C27H37N3O6S/c1-6-20(4)28-27(32)21(5)29(17-22-10-8-9-19(3)15-22)26(31)18-30(37(33,34)7-2)23-11-12-24-25(16-23)36-14-13-35-24/h8-12,15-16,20-21H,6-7,13-14,17-18H2,1-5H3,(H,28,32)/t20-,21+/m0/s1.